The molecule has 3 heterocycles. The predicted molar refractivity (Wildman–Crippen MR) is 95.5 cm³/mol. The van der Waals surface area contributed by atoms with Gasteiger partial charge in [0.25, 0.3) is 0 Å². The Bertz CT molecular complexity index is 688. The third kappa shape index (κ3) is 3.59. The Morgan fingerprint density at radius 3 is 2.79 bits per heavy atom. The number of hydrogen-bond donors (Lipinski definition) is 1. The summed E-state index contributed by atoms with van der Waals surface area (Å²) in [5, 5.41) is 5.46. The molecule has 0 saturated carbocycles. The first-order chi connectivity index (χ1) is 11.6. The summed E-state index contributed by atoms with van der Waals surface area (Å²) in [5.41, 5.74) is 4.34. The monoisotopic (exact) mass is 367 g/mol. The van der Waals surface area contributed by atoms with E-state index in [0.29, 0.717) is 60.8 Å². The largest absolute Gasteiger partial charge is 0.489 e. The van der Waals surface area contributed by atoms with Gasteiger partial charge in [-0.25, -0.2) is 0 Å². The van der Waals surface area contributed by atoms with Crippen molar-refractivity contribution in [3.8, 4) is 5.75 Å². The number of ether oxygens (including phenoxy) is 1. The highest BCUT2D eigenvalue weighted by atomic mass is 35.5. The first kappa shape index (κ1) is 16.9. The van der Waals surface area contributed by atoms with Gasteiger partial charge in [0.2, 0.25) is 5.91 Å². The van der Waals surface area contributed by atoms with Gasteiger partial charge >= 0.3 is 0 Å². The molecule has 0 unspecified atom stereocenters. The standard InChI is InChI=1S/C15H18ClN5O2S/c1-10(22)20-5-7-21(8-6-20)15(24)19-18-12-3-9-23-14-11(16)2-4-17-13(12)14/h2,4H,3,5-9H2,1H3,(H,19,24)/b18-12-. The number of rotatable bonds is 1. The zero-order valence-electron chi connectivity index (χ0n) is 13.3. The van der Waals surface area contributed by atoms with Crippen molar-refractivity contribution in [2.75, 3.05) is 32.8 Å². The predicted octanol–water partition coefficient (Wildman–Crippen LogP) is 1.26. The number of fused-ring (bicyclic) bond motifs is 1. The molecule has 2 aliphatic rings. The fourth-order valence-corrected chi connectivity index (χ4v) is 3.08. The second-order valence-electron chi connectivity index (χ2n) is 5.54. The molecular formula is C15H18ClN5O2S. The second-order valence-corrected chi connectivity index (χ2v) is 6.33. The van der Waals surface area contributed by atoms with Crippen molar-refractivity contribution >= 4 is 40.6 Å². The molecule has 1 amide bonds. The van der Waals surface area contributed by atoms with Crippen molar-refractivity contribution < 1.29 is 9.53 Å². The zero-order valence-corrected chi connectivity index (χ0v) is 14.9. The molecule has 3 rings (SSSR count). The number of hydrogen-bond acceptors (Lipinski definition) is 5. The number of piperazine rings is 1. The number of carbonyl (C=O) groups excluding carboxylic acids is 1. The van der Waals surface area contributed by atoms with Gasteiger partial charge in [0.05, 0.1) is 17.3 Å². The maximum absolute atomic E-state index is 11.4. The Labute approximate surface area is 150 Å². The van der Waals surface area contributed by atoms with Gasteiger partial charge in [-0.2, -0.15) is 5.10 Å². The molecule has 1 N–H and O–H groups in total. The van der Waals surface area contributed by atoms with Crippen LogP contribution in [0.2, 0.25) is 5.02 Å². The molecule has 0 radical (unpaired) electrons. The zero-order chi connectivity index (χ0) is 17.1. The molecule has 0 aliphatic carbocycles. The minimum atomic E-state index is 0.0931. The number of hydrazone groups is 1. The average molecular weight is 368 g/mol. The molecule has 1 fully saturated rings. The van der Waals surface area contributed by atoms with Gasteiger partial charge < -0.3 is 14.5 Å². The highest BCUT2D eigenvalue weighted by Crippen LogP contribution is 2.30. The van der Waals surface area contributed by atoms with Crippen molar-refractivity contribution in [1.82, 2.24) is 20.2 Å². The van der Waals surface area contributed by atoms with Crippen LogP contribution in [0.15, 0.2) is 17.4 Å². The summed E-state index contributed by atoms with van der Waals surface area (Å²) >= 11 is 11.5. The van der Waals surface area contributed by atoms with E-state index in [2.05, 4.69) is 15.5 Å². The third-order valence-electron chi connectivity index (χ3n) is 4.01. The van der Waals surface area contributed by atoms with Crippen LogP contribution in [-0.2, 0) is 4.79 Å². The van der Waals surface area contributed by atoms with Crippen molar-refractivity contribution in [3.05, 3.63) is 23.0 Å². The molecule has 0 bridgehead atoms. The number of thiocarbonyl (C=S) groups is 1. The Morgan fingerprint density at radius 2 is 2.08 bits per heavy atom. The SMILES string of the molecule is CC(=O)N1CCN(C(=S)N/N=C2/CCOc3c(Cl)ccnc32)CC1. The summed E-state index contributed by atoms with van der Waals surface area (Å²) in [7, 11) is 0. The Morgan fingerprint density at radius 1 is 1.38 bits per heavy atom. The van der Waals surface area contributed by atoms with E-state index in [1.165, 1.54) is 0 Å². The van der Waals surface area contributed by atoms with Gasteiger partial charge in [-0.05, 0) is 18.3 Å². The van der Waals surface area contributed by atoms with Gasteiger partial charge in [-0.3, -0.25) is 15.2 Å². The second kappa shape index (κ2) is 7.31. The van der Waals surface area contributed by atoms with Crippen LogP contribution >= 0.6 is 23.8 Å². The molecule has 24 heavy (non-hydrogen) atoms. The van der Waals surface area contributed by atoms with Crippen LogP contribution < -0.4 is 10.2 Å². The number of carbonyl (C=O) groups is 1. The first-order valence-electron chi connectivity index (χ1n) is 7.71. The molecule has 1 aromatic rings. The Kier molecular flexibility index (Phi) is 5.15. The van der Waals surface area contributed by atoms with Gasteiger partial charge in [-0.15, -0.1) is 0 Å². The van der Waals surface area contributed by atoms with E-state index >= 15 is 0 Å². The summed E-state index contributed by atoms with van der Waals surface area (Å²) in [6.07, 6.45) is 2.26. The lowest BCUT2D eigenvalue weighted by Gasteiger charge is -2.35. The normalized spacial score (nSPS) is 18.8. The average Bonchev–Trinajstić information content (AvgIpc) is 2.60. The van der Waals surface area contributed by atoms with Crippen LogP contribution in [0.25, 0.3) is 0 Å². The quantitative estimate of drug-likeness (QED) is 0.595. The van der Waals surface area contributed by atoms with E-state index < -0.39 is 0 Å². The fraction of sp³-hybridized carbons (Fsp3) is 0.467. The van der Waals surface area contributed by atoms with E-state index in [1.807, 2.05) is 9.80 Å². The van der Waals surface area contributed by atoms with Crippen molar-refractivity contribution in [1.29, 1.82) is 0 Å². The maximum Gasteiger partial charge on any atom is 0.219 e. The van der Waals surface area contributed by atoms with Gasteiger partial charge in [0.1, 0.15) is 5.69 Å². The van der Waals surface area contributed by atoms with Crippen LogP contribution in [-0.4, -0.2) is 64.3 Å². The van der Waals surface area contributed by atoms with Crippen LogP contribution in [0, 0.1) is 0 Å². The minimum absolute atomic E-state index is 0.0931. The highest BCUT2D eigenvalue weighted by molar-refractivity contribution is 7.80. The van der Waals surface area contributed by atoms with Crippen LogP contribution in [0.3, 0.4) is 0 Å². The van der Waals surface area contributed by atoms with E-state index in [-0.39, 0.29) is 5.91 Å². The molecule has 128 valence electrons. The first-order valence-corrected chi connectivity index (χ1v) is 8.49. The van der Waals surface area contributed by atoms with Crippen LogP contribution in [0.5, 0.6) is 5.75 Å². The van der Waals surface area contributed by atoms with Gasteiger partial charge in [0, 0.05) is 45.7 Å². The topological polar surface area (TPSA) is 70.1 Å². The molecule has 0 atom stereocenters. The number of pyridine rings is 1. The third-order valence-corrected chi connectivity index (χ3v) is 4.66. The molecule has 9 heteroatoms. The van der Waals surface area contributed by atoms with E-state index in [0.717, 1.165) is 5.71 Å². The minimum Gasteiger partial charge on any atom is -0.489 e. The van der Waals surface area contributed by atoms with Crippen LogP contribution in [0.1, 0.15) is 19.0 Å². The number of nitrogens with zero attached hydrogens (tertiary/aromatic N) is 4. The van der Waals surface area contributed by atoms with Crippen molar-refractivity contribution in [2.45, 2.75) is 13.3 Å². The summed E-state index contributed by atoms with van der Waals surface area (Å²) < 4.78 is 5.56. The molecule has 0 spiro atoms. The van der Waals surface area contributed by atoms with E-state index in [1.54, 1.807) is 19.2 Å². The summed E-state index contributed by atoms with van der Waals surface area (Å²) in [6.45, 7) is 4.81. The van der Waals surface area contributed by atoms with Crippen molar-refractivity contribution in [2.24, 2.45) is 5.10 Å². The Balaban J connectivity index is 1.64. The molecule has 0 aromatic carbocycles. The fourth-order valence-electron chi connectivity index (χ4n) is 2.66. The molecule has 7 nitrogen and oxygen atoms in total. The summed E-state index contributed by atoms with van der Waals surface area (Å²) in [6, 6.07) is 1.69. The Hall–Kier alpha value is -1.93. The molecule has 2 aliphatic heterocycles. The van der Waals surface area contributed by atoms with Crippen LogP contribution in [0.4, 0.5) is 0 Å². The highest BCUT2D eigenvalue weighted by Gasteiger charge is 2.23. The molecule has 1 saturated heterocycles. The lowest BCUT2D eigenvalue weighted by atomic mass is 10.1. The van der Waals surface area contributed by atoms with E-state index in [4.69, 9.17) is 28.6 Å². The summed E-state index contributed by atoms with van der Waals surface area (Å²) in [5.74, 6) is 0.655. The molecule has 1 aromatic heterocycles. The summed E-state index contributed by atoms with van der Waals surface area (Å²) in [4.78, 5) is 19.5. The number of halogens is 1. The van der Waals surface area contributed by atoms with Crippen molar-refractivity contribution in [3.63, 3.8) is 0 Å². The maximum atomic E-state index is 11.4. The smallest absolute Gasteiger partial charge is 0.219 e. The molecular weight excluding hydrogens is 350 g/mol. The van der Waals surface area contributed by atoms with Gasteiger partial charge in [0.15, 0.2) is 10.9 Å². The number of aromatic nitrogens is 1. The lowest BCUT2D eigenvalue weighted by Crippen LogP contribution is -2.52. The van der Waals surface area contributed by atoms with Gasteiger partial charge in [-0.1, -0.05) is 11.6 Å². The lowest BCUT2D eigenvalue weighted by molar-refractivity contribution is -0.130. The number of amides is 1. The van der Waals surface area contributed by atoms with E-state index in [9.17, 15) is 4.79 Å². The number of nitrogens with one attached hydrogen (secondary N) is 1.